The molecule has 2 heteroatoms. The van der Waals surface area contributed by atoms with Crippen molar-refractivity contribution in [1.29, 1.82) is 0 Å². The number of benzene rings is 1. The van der Waals surface area contributed by atoms with Gasteiger partial charge < -0.3 is 5.32 Å². The van der Waals surface area contributed by atoms with E-state index in [1.54, 1.807) is 0 Å². The Morgan fingerprint density at radius 1 is 1.05 bits per heavy atom. The quantitative estimate of drug-likeness (QED) is 0.768. The molecule has 1 rings (SSSR count). The topological polar surface area (TPSA) is 15.3 Å². The Labute approximate surface area is 119 Å². The molecule has 0 radical (unpaired) electrons. The number of hydrogen-bond donors (Lipinski definition) is 1. The molecular weight excluding hydrogens is 232 g/mol. The van der Waals surface area contributed by atoms with Gasteiger partial charge in [0.15, 0.2) is 0 Å². The lowest BCUT2D eigenvalue weighted by Gasteiger charge is -2.30. The molecule has 1 N–H and O–H groups in total. The number of rotatable bonds is 8. The van der Waals surface area contributed by atoms with Gasteiger partial charge in [0.05, 0.1) is 0 Å². The normalized spacial score (nSPS) is 13.5. The molecule has 0 saturated heterocycles. The van der Waals surface area contributed by atoms with Gasteiger partial charge in [-0.15, -0.1) is 0 Å². The summed E-state index contributed by atoms with van der Waals surface area (Å²) in [5.41, 5.74) is 1.40. The molecule has 1 atom stereocenters. The summed E-state index contributed by atoms with van der Waals surface area (Å²) in [6.45, 7) is 11.1. The van der Waals surface area contributed by atoms with Crippen molar-refractivity contribution in [2.24, 2.45) is 5.92 Å². The first-order chi connectivity index (χ1) is 9.00. The van der Waals surface area contributed by atoms with E-state index in [1.165, 1.54) is 12.0 Å². The van der Waals surface area contributed by atoms with Crippen molar-refractivity contribution in [3.05, 3.63) is 35.9 Å². The van der Waals surface area contributed by atoms with Crippen LogP contribution in [0.4, 0.5) is 0 Å². The van der Waals surface area contributed by atoms with Crippen LogP contribution in [0.2, 0.25) is 0 Å². The van der Waals surface area contributed by atoms with E-state index in [4.69, 9.17) is 0 Å². The Morgan fingerprint density at radius 2 is 1.68 bits per heavy atom. The Bertz CT molecular complexity index is 332. The first-order valence-electron chi connectivity index (χ1n) is 7.49. The Morgan fingerprint density at radius 3 is 2.21 bits per heavy atom. The summed E-state index contributed by atoms with van der Waals surface area (Å²) >= 11 is 0. The van der Waals surface area contributed by atoms with Crippen molar-refractivity contribution >= 4 is 0 Å². The summed E-state index contributed by atoms with van der Waals surface area (Å²) in [6, 6.07) is 11.8. The third kappa shape index (κ3) is 6.22. The van der Waals surface area contributed by atoms with Crippen LogP contribution >= 0.6 is 0 Å². The van der Waals surface area contributed by atoms with Crippen molar-refractivity contribution in [2.45, 2.75) is 46.2 Å². The highest BCUT2D eigenvalue weighted by Crippen LogP contribution is 2.19. The van der Waals surface area contributed by atoms with E-state index in [1.807, 2.05) is 0 Å². The fraction of sp³-hybridized carbons (Fsp3) is 0.647. The standard InChI is InChI=1S/C17H30N2/c1-14(2)11-12-19(5)17(13-18-15(3)4)16-9-7-6-8-10-16/h6-10,14-15,17-18H,11-13H2,1-5H3. The van der Waals surface area contributed by atoms with E-state index in [2.05, 4.69) is 75.3 Å². The molecule has 1 unspecified atom stereocenters. The van der Waals surface area contributed by atoms with Gasteiger partial charge in [-0.05, 0) is 31.5 Å². The zero-order valence-corrected chi connectivity index (χ0v) is 13.2. The maximum Gasteiger partial charge on any atom is 0.0469 e. The zero-order chi connectivity index (χ0) is 14.3. The second kappa shape index (κ2) is 8.34. The Hall–Kier alpha value is -0.860. The van der Waals surface area contributed by atoms with Crippen LogP contribution in [0, 0.1) is 5.92 Å². The summed E-state index contributed by atoms with van der Waals surface area (Å²) in [5, 5.41) is 3.57. The van der Waals surface area contributed by atoms with E-state index in [9.17, 15) is 0 Å². The van der Waals surface area contributed by atoms with Crippen LogP contribution in [-0.4, -0.2) is 31.1 Å². The van der Waals surface area contributed by atoms with Crippen molar-refractivity contribution in [1.82, 2.24) is 10.2 Å². The van der Waals surface area contributed by atoms with Gasteiger partial charge in [-0.3, -0.25) is 4.90 Å². The number of likely N-dealkylation sites (N-methyl/N-ethyl adjacent to an activating group) is 1. The molecule has 0 spiro atoms. The smallest absolute Gasteiger partial charge is 0.0469 e. The van der Waals surface area contributed by atoms with E-state index < -0.39 is 0 Å². The molecule has 0 saturated carbocycles. The molecular formula is C17H30N2. The Balaban J connectivity index is 2.68. The first kappa shape index (κ1) is 16.2. The van der Waals surface area contributed by atoms with Crippen LogP contribution in [0.1, 0.15) is 45.7 Å². The van der Waals surface area contributed by atoms with Crippen LogP contribution < -0.4 is 5.32 Å². The van der Waals surface area contributed by atoms with Crippen LogP contribution in [0.3, 0.4) is 0 Å². The summed E-state index contributed by atoms with van der Waals surface area (Å²) in [5.74, 6) is 0.761. The summed E-state index contributed by atoms with van der Waals surface area (Å²) in [6.07, 6.45) is 1.25. The van der Waals surface area contributed by atoms with Crippen LogP contribution in [0.15, 0.2) is 30.3 Å². The van der Waals surface area contributed by atoms with Crippen molar-refractivity contribution in [3.8, 4) is 0 Å². The van der Waals surface area contributed by atoms with E-state index in [-0.39, 0.29) is 0 Å². The van der Waals surface area contributed by atoms with Gasteiger partial charge in [0.1, 0.15) is 0 Å². The van der Waals surface area contributed by atoms with E-state index in [0.717, 1.165) is 19.0 Å². The highest BCUT2D eigenvalue weighted by molar-refractivity contribution is 5.19. The van der Waals surface area contributed by atoms with Gasteiger partial charge in [0, 0.05) is 18.6 Å². The van der Waals surface area contributed by atoms with Gasteiger partial charge in [0.25, 0.3) is 0 Å². The van der Waals surface area contributed by atoms with E-state index >= 15 is 0 Å². The van der Waals surface area contributed by atoms with Crippen LogP contribution in [0.25, 0.3) is 0 Å². The molecule has 108 valence electrons. The molecule has 0 aliphatic rings. The molecule has 0 aliphatic carbocycles. The van der Waals surface area contributed by atoms with Gasteiger partial charge in [-0.25, -0.2) is 0 Å². The molecule has 2 nitrogen and oxygen atoms in total. The molecule has 1 aromatic carbocycles. The third-order valence-electron chi connectivity index (χ3n) is 3.50. The molecule has 0 bridgehead atoms. The number of nitrogens with zero attached hydrogens (tertiary/aromatic N) is 1. The minimum atomic E-state index is 0.461. The number of nitrogens with one attached hydrogen (secondary N) is 1. The van der Waals surface area contributed by atoms with Crippen molar-refractivity contribution < 1.29 is 0 Å². The highest BCUT2D eigenvalue weighted by atomic mass is 15.1. The lowest BCUT2D eigenvalue weighted by Crippen LogP contribution is -2.36. The first-order valence-corrected chi connectivity index (χ1v) is 7.49. The maximum atomic E-state index is 3.57. The molecule has 0 amide bonds. The second-order valence-electron chi connectivity index (χ2n) is 6.15. The van der Waals surface area contributed by atoms with Gasteiger partial charge >= 0.3 is 0 Å². The zero-order valence-electron chi connectivity index (χ0n) is 13.2. The van der Waals surface area contributed by atoms with Gasteiger partial charge in [0.2, 0.25) is 0 Å². The second-order valence-corrected chi connectivity index (χ2v) is 6.15. The predicted molar refractivity (Wildman–Crippen MR) is 84.4 cm³/mol. The average Bonchev–Trinajstić information content (AvgIpc) is 2.37. The SMILES string of the molecule is CC(C)CCN(C)C(CNC(C)C)c1ccccc1. The summed E-state index contributed by atoms with van der Waals surface area (Å²) < 4.78 is 0. The highest BCUT2D eigenvalue weighted by Gasteiger charge is 2.17. The Kier molecular flexibility index (Phi) is 7.11. The monoisotopic (exact) mass is 262 g/mol. The molecule has 19 heavy (non-hydrogen) atoms. The fourth-order valence-electron chi connectivity index (χ4n) is 2.17. The van der Waals surface area contributed by atoms with Gasteiger partial charge in [-0.2, -0.15) is 0 Å². The molecule has 0 aromatic heterocycles. The van der Waals surface area contributed by atoms with Crippen LogP contribution in [0.5, 0.6) is 0 Å². The lowest BCUT2D eigenvalue weighted by molar-refractivity contribution is 0.222. The molecule has 0 fully saturated rings. The number of hydrogen-bond acceptors (Lipinski definition) is 2. The average molecular weight is 262 g/mol. The minimum absolute atomic E-state index is 0.461. The van der Waals surface area contributed by atoms with E-state index in [0.29, 0.717) is 12.1 Å². The van der Waals surface area contributed by atoms with Gasteiger partial charge in [-0.1, -0.05) is 58.0 Å². The third-order valence-corrected chi connectivity index (χ3v) is 3.50. The van der Waals surface area contributed by atoms with Crippen molar-refractivity contribution in [2.75, 3.05) is 20.1 Å². The summed E-state index contributed by atoms with van der Waals surface area (Å²) in [7, 11) is 2.24. The fourth-order valence-corrected chi connectivity index (χ4v) is 2.17. The lowest BCUT2D eigenvalue weighted by atomic mass is 10.0. The molecule has 1 aromatic rings. The maximum absolute atomic E-state index is 3.57. The largest absolute Gasteiger partial charge is 0.313 e. The molecule has 0 heterocycles. The van der Waals surface area contributed by atoms with Crippen molar-refractivity contribution in [3.63, 3.8) is 0 Å². The predicted octanol–water partition coefficient (Wildman–Crippen LogP) is 3.70. The summed E-state index contributed by atoms with van der Waals surface area (Å²) in [4.78, 5) is 2.48. The van der Waals surface area contributed by atoms with Crippen LogP contribution in [-0.2, 0) is 0 Å². The molecule has 0 aliphatic heterocycles. The minimum Gasteiger partial charge on any atom is -0.313 e.